The first kappa shape index (κ1) is 38.7. The Morgan fingerprint density at radius 2 is 1.04 bits per heavy atom. The summed E-state index contributed by atoms with van der Waals surface area (Å²) in [6, 6.07) is 46.6. The Morgan fingerprint density at radius 1 is 0.560 bits per heavy atom. The van der Waals surface area contributed by atoms with Gasteiger partial charge in [-0.1, -0.05) is 135 Å². The van der Waals surface area contributed by atoms with Crippen molar-refractivity contribution >= 4 is 50.0 Å². The van der Waals surface area contributed by atoms with Crippen molar-refractivity contribution in [1.29, 1.82) is 0 Å². The molecule has 2 radical (unpaired) electrons. The molecule has 0 saturated heterocycles. The average molecular weight is 756 g/mol. The summed E-state index contributed by atoms with van der Waals surface area (Å²) in [6.07, 6.45) is -4.35. The van der Waals surface area contributed by atoms with Crippen LogP contribution in [0.2, 0.25) is 0 Å². The Balaban J connectivity index is 0.000000207. The number of hydrogen-bond acceptors (Lipinski definition) is 0. The average Bonchev–Trinajstić information content (AvgIpc) is 3.72. The van der Waals surface area contributed by atoms with Crippen molar-refractivity contribution in [2.45, 2.75) is 32.9 Å². The maximum atomic E-state index is 13.3. The molecule has 0 heterocycles. The van der Waals surface area contributed by atoms with Gasteiger partial charge in [-0.2, -0.15) is 25.3 Å². The van der Waals surface area contributed by atoms with Gasteiger partial charge in [0, 0.05) is 0 Å². The van der Waals surface area contributed by atoms with Crippen LogP contribution in [0.4, 0.5) is 13.2 Å². The molecule has 0 aliphatic heterocycles. The maximum absolute atomic E-state index is 13.3. The molecule has 0 aliphatic carbocycles. The minimum atomic E-state index is -4.35. The molecule has 0 aliphatic rings. The Kier molecular flexibility index (Phi) is 12.6. The Morgan fingerprint density at radius 3 is 1.58 bits per heavy atom. The van der Waals surface area contributed by atoms with Gasteiger partial charge < -0.3 is 14.9 Å². The molecule has 8 aromatic carbocycles. The van der Waals surface area contributed by atoms with Gasteiger partial charge in [0.15, 0.2) is 0 Å². The van der Waals surface area contributed by atoms with Crippen molar-refractivity contribution in [3.8, 4) is 22.3 Å². The van der Waals surface area contributed by atoms with E-state index in [1.54, 1.807) is 12.1 Å². The van der Waals surface area contributed by atoms with E-state index in [-0.39, 0.29) is 20.2 Å². The number of aryl methyl sites for hydroxylation is 1. The molecule has 0 unspecified atom stereocenters. The Labute approximate surface area is 310 Å². The molecular weight excluding hydrogens is 717 g/mol. The predicted octanol–water partition coefficient (Wildman–Crippen LogP) is 13.7. The molecule has 0 nitrogen and oxygen atoms in total. The zero-order valence-corrected chi connectivity index (χ0v) is 32.4. The van der Waals surface area contributed by atoms with E-state index in [9.17, 15) is 13.2 Å². The van der Waals surface area contributed by atoms with Crippen LogP contribution in [0.15, 0.2) is 140 Å². The SMILES string of the molecule is CC(C)c1cc2c(-c3cccc4ccccc34)cccc2[cH-]1.Cc1cc2c(-c3cccc4ccccc34)ccc(C(F)(F)F)c2[cH-]1.[CH3-].[CH3-].[Si]=[Zr]. The molecule has 0 aromatic heterocycles. The van der Waals surface area contributed by atoms with Gasteiger partial charge in [0.05, 0.1) is 0 Å². The summed E-state index contributed by atoms with van der Waals surface area (Å²) in [6.45, 7) is 9.40. The van der Waals surface area contributed by atoms with Crippen LogP contribution in [0.1, 0.15) is 36.5 Å². The van der Waals surface area contributed by atoms with Gasteiger partial charge in [-0.3, -0.25) is 0 Å². The molecule has 8 aromatic rings. The number of alkyl halides is 3. The fourth-order valence-corrected chi connectivity index (χ4v) is 6.67. The molecule has 0 fully saturated rings. The number of benzene rings is 6. The molecule has 8 rings (SSSR count). The summed E-state index contributed by atoms with van der Waals surface area (Å²) < 4.78 is 39.9. The van der Waals surface area contributed by atoms with Crippen LogP contribution in [-0.2, 0) is 29.5 Å². The third kappa shape index (κ3) is 7.65. The van der Waals surface area contributed by atoms with E-state index in [4.69, 9.17) is 0 Å². The monoisotopic (exact) mass is 754 g/mol. The number of rotatable bonds is 3. The van der Waals surface area contributed by atoms with Gasteiger partial charge in [-0.05, 0) is 44.2 Å². The van der Waals surface area contributed by atoms with Gasteiger partial charge in [-0.15, -0.1) is 56.9 Å². The van der Waals surface area contributed by atoms with E-state index >= 15 is 0 Å². The molecule has 0 atom stereocenters. The summed E-state index contributed by atoms with van der Waals surface area (Å²) in [5, 5.41) is 8.37. The van der Waals surface area contributed by atoms with E-state index in [0.717, 1.165) is 27.5 Å². The summed E-state index contributed by atoms with van der Waals surface area (Å²) >= 11 is 1.36. The standard InChI is InChI=1S/C22H19.C21H14F3.2CH3.Si.Zr/c1-15(2)18-13-17-9-6-12-21(22(17)14-18)20-11-5-8-16-7-3-4-10-19(16)20;1-13-11-18-17(9-10-20(19(18)12-13)21(22,23)24)16-8-4-6-14-5-2-3-7-15(14)16;;;;/h3-15H,1-2H3;2-12H,1H3;2*1H3;;/q4*-1;;. The molecule has 0 amide bonds. The van der Waals surface area contributed by atoms with Gasteiger partial charge in [-0.25, -0.2) is 0 Å². The molecule has 5 heteroatoms. The van der Waals surface area contributed by atoms with Crippen molar-refractivity contribution in [3.05, 3.63) is 171 Å². The van der Waals surface area contributed by atoms with Crippen LogP contribution in [0.3, 0.4) is 0 Å². The van der Waals surface area contributed by atoms with Crippen LogP contribution >= 0.6 is 0 Å². The fraction of sp³-hybridized carbons (Fsp3) is 0.111. The summed E-state index contributed by atoms with van der Waals surface area (Å²) in [5.74, 6) is 0.563. The van der Waals surface area contributed by atoms with Gasteiger partial charge in [0.1, 0.15) is 0 Å². The van der Waals surface area contributed by atoms with Crippen LogP contribution in [0, 0.1) is 21.8 Å². The molecule has 0 bridgehead atoms. The second-order valence-corrected chi connectivity index (χ2v) is 12.3. The van der Waals surface area contributed by atoms with E-state index in [0.29, 0.717) is 11.3 Å². The van der Waals surface area contributed by atoms with Crippen LogP contribution < -0.4 is 0 Å². The zero-order chi connectivity index (χ0) is 34.0. The molecule has 0 saturated carbocycles. The molecular formula is C45H39F3SiZr-4. The predicted molar refractivity (Wildman–Crippen MR) is 207 cm³/mol. The summed E-state index contributed by atoms with van der Waals surface area (Å²) in [4.78, 5) is 0. The Bertz CT molecular complexity index is 2360. The van der Waals surface area contributed by atoms with Crippen molar-refractivity contribution < 1.29 is 36.5 Å². The van der Waals surface area contributed by atoms with Crippen molar-refractivity contribution in [3.63, 3.8) is 0 Å². The van der Waals surface area contributed by atoms with Gasteiger partial charge >= 0.3 is 36.4 Å². The molecule has 0 N–H and O–H groups in total. The first-order valence-electron chi connectivity index (χ1n) is 15.9. The third-order valence-electron chi connectivity index (χ3n) is 8.94. The van der Waals surface area contributed by atoms with Crippen LogP contribution in [0.25, 0.3) is 65.3 Å². The van der Waals surface area contributed by atoms with Crippen LogP contribution in [-0.4, -0.2) is 6.88 Å². The molecule has 50 heavy (non-hydrogen) atoms. The van der Waals surface area contributed by atoms with E-state index < -0.39 is 11.7 Å². The van der Waals surface area contributed by atoms with Crippen molar-refractivity contribution in [2.75, 3.05) is 0 Å². The minimum absolute atomic E-state index is 0. The topological polar surface area (TPSA) is 0 Å². The zero-order valence-electron chi connectivity index (χ0n) is 29.0. The van der Waals surface area contributed by atoms with Crippen LogP contribution in [0.5, 0.6) is 0 Å². The van der Waals surface area contributed by atoms with E-state index in [2.05, 4.69) is 93.5 Å². The number of halogens is 3. The van der Waals surface area contributed by atoms with Crippen molar-refractivity contribution in [1.82, 2.24) is 0 Å². The summed E-state index contributed by atoms with van der Waals surface area (Å²) in [5.41, 5.74) is 6.13. The first-order chi connectivity index (χ1) is 23.2. The van der Waals surface area contributed by atoms with Gasteiger partial charge in [0.2, 0.25) is 0 Å². The third-order valence-corrected chi connectivity index (χ3v) is 8.94. The second-order valence-electron chi connectivity index (χ2n) is 12.3. The Hall–Kier alpha value is -4.05. The fourth-order valence-electron chi connectivity index (χ4n) is 6.67. The summed E-state index contributed by atoms with van der Waals surface area (Å²) in [7, 11) is 0. The molecule has 252 valence electrons. The normalized spacial score (nSPS) is 11.0. The number of fused-ring (bicyclic) bond motifs is 4. The molecule has 0 spiro atoms. The van der Waals surface area contributed by atoms with Crippen molar-refractivity contribution in [2.24, 2.45) is 0 Å². The van der Waals surface area contributed by atoms with E-state index in [1.807, 2.05) is 55.5 Å². The van der Waals surface area contributed by atoms with Gasteiger partial charge in [0.25, 0.3) is 0 Å². The number of hydrogen-bond donors (Lipinski definition) is 0. The van der Waals surface area contributed by atoms with E-state index in [1.165, 1.54) is 67.6 Å². The quantitative estimate of drug-likeness (QED) is 0.124. The second kappa shape index (κ2) is 16.3. The first-order valence-corrected chi connectivity index (χ1v) is 20.1.